The van der Waals surface area contributed by atoms with Crippen LogP contribution in [0.2, 0.25) is 0 Å². The zero-order valence-corrected chi connectivity index (χ0v) is 20.4. The molecular weight excluding hydrogens is 466 g/mol. The fourth-order valence-corrected chi connectivity index (χ4v) is 4.41. The van der Waals surface area contributed by atoms with E-state index in [1.807, 2.05) is 50.4 Å². The van der Waals surface area contributed by atoms with E-state index >= 15 is 0 Å². The van der Waals surface area contributed by atoms with Crippen LogP contribution in [0.25, 0.3) is 39.3 Å². The number of amides is 1. The molecule has 5 aromatic rings. The Morgan fingerprint density at radius 3 is 2.84 bits per heavy atom. The zero-order valence-electron chi connectivity index (χ0n) is 20.4. The van der Waals surface area contributed by atoms with E-state index < -0.39 is 0 Å². The number of imidazole rings is 1. The highest BCUT2D eigenvalue weighted by atomic mass is 16.1. The van der Waals surface area contributed by atoms with Crippen LogP contribution in [-0.2, 0) is 11.3 Å². The van der Waals surface area contributed by atoms with Gasteiger partial charge < -0.3 is 15.6 Å². The van der Waals surface area contributed by atoms with Crippen LogP contribution in [0, 0.1) is 5.92 Å². The maximum Gasteiger partial charge on any atom is 0.224 e. The van der Waals surface area contributed by atoms with Gasteiger partial charge in [0, 0.05) is 47.9 Å². The molecule has 10 nitrogen and oxygen atoms in total. The van der Waals surface area contributed by atoms with Gasteiger partial charge in [-0.3, -0.25) is 19.9 Å². The summed E-state index contributed by atoms with van der Waals surface area (Å²) in [7, 11) is 0. The summed E-state index contributed by atoms with van der Waals surface area (Å²) >= 11 is 0. The van der Waals surface area contributed by atoms with Crippen molar-refractivity contribution in [2.75, 3.05) is 5.32 Å². The van der Waals surface area contributed by atoms with Crippen LogP contribution in [0.3, 0.4) is 0 Å². The summed E-state index contributed by atoms with van der Waals surface area (Å²) in [6.07, 6.45) is 9.32. The first-order chi connectivity index (χ1) is 18.0. The van der Waals surface area contributed by atoms with Gasteiger partial charge in [-0.1, -0.05) is 19.9 Å². The smallest absolute Gasteiger partial charge is 0.224 e. The average Bonchev–Trinajstić information content (AvgIpc) is 3.52. The third-order valence-corrected chi connectivity index (χ3v) is 6.10. The van der Waals surface area contributed by atoms with Gasteiger partial charge in [-0.15, -0.1) is 0 Å². The Balaban J connectivity index is 1.34. The van der Waals surface area contributed by atoms with Crippen molar-refractivity contribution in [3.05, 3.63) is 78.4 Å². The fraction of sp³-hybridized carbons (Fsp3) is 0.185. The summed E-state index contributed by atoms with van der Waals surface area (Å²) < 4.78 is 0. The number of pyridine rings is 3. The lowest BCUT2D eigenvalue weighted by molar-refractivity contribution is -0.116. The first kappa shape index (κ1) is 22.6. The van der Waals surface area contributed by atoms with Crippen LogP contribution >= 0.6 is 0 Å². The third-order valence-electron chi connectivity index (χ3n) is 6.10. The topological polar surface area (TPSA) is 137 Å². The van der Waals surface area contributed by atoms with E-state index in [0.717, 1.165) is 44.9 Å². The summed E-state index contributed by atoms with van der Waals surface area (Å²) in [5, 5.41) is 14.5. The molecule has 1 amide bonds. The Morgan fingerprint density at radius 1 is 1.11 bits per heavy atom. The minimum absolute atomic E-state index is 0.0324. The number of fused-ring (bicyclic) bond motifs is 2. The lowest BCUT2D eigenvalue weighted by Crippen LogP contribution is -2.14. The highest BCUT2D eigenvalue weighted by molar-refractivity contribution is 5.94. The molecule has 0 spiro atoms. The van der Waals surface area contributed by atoms with Crippen molar-refractivity contribution in [3.8, 4) is 22.6 Å². The standard InChI is InChI=1S/C27H25N9O/c1-15(2)7-23(37)32-18-8-16(10-28-12-18)17-9-19-25(35-36-26(19)31-11-17)27-33-22-14-29-13-20(24(22)34-27)21-5-3-4-6-30-21/h3-6,8-13,15,29H,7,14H2,1-2H3,(H,32,37)(H,33,34)(H,31,35,36). The van der Waals surface area contributed by atoms with Gasteiger partial charge in [-0.25, -0.2) is 9.97 Å². The number of carbonyl (C=O) groups excluding carboxylic acids is 1. The zero-order chi connectivity index (χ0) is 25.4. The molecule has 184 valence electrons. The number of hydrogen-bond acceptors (Lipinski definition) is 7. The summed E-state index contributed by atoms with van der Waals surface area (Å²) in [5.41, 5.74) is 7.27. The fourth-order valence-electron chi connectivity index (χ4n) is 4.41. The van der Waals surface area contributed by atoms with Gasteiger partial charge in [-0.05, 0) is 30.2 Å². The molecule has 0 aromatic carbocycles. The van der Waals surface area contributed by atoms with E-state index in [-0.39, 0.29) is 11.8 Å². The van der Waals surface area contributed by atoms with Gasteiger partial charge in [0.15, 0.2) is 11.5 Å². The number of rotatable bonds is 6. The number of H-pyrrole nitrogens is 2. The van der Waals surface area contributed by atoms with E-state index in [9.17, 15) is 4.79 Å². The molecule has 6 rings (SSSR count). The van der Waals surface area contributed by atoms with Crippen LogP contribution in [0.5, 0.6) is 0 Å². The lowest BCUT2D eigenvalue weighted by Gasteiger charge is -2.13. The molecule has 0 fully saturated rings. The van der Waals surface area contributed by atoms with Crippen molar-refractivity contribution < 1.29 is 4.79 Å². The van der Waals surface area contributed by atoms with Crippen LogP contribution in [0.4, 0.5) is 5.69 Å². The Kier molecular flexibility index (Phi) is 5.68. The Labute approximate surface area is 212 Å². The van der Waals surface area contributed by atoms with E-state index in [4.69, 9.17) is 4.98 Å². The largest absolute Gasteiger partial charge is 0.385 e. The van der Waals surface area contributed by atoms with Gasteiger partial charge in [0.1, 0.15) is 5.69 Å². The molecular formula is C27H25N9O. The first-order valence-electron chi connectivity index (χ1n) is 12.1. The molecule has 6 heterocycles. The van der Waals surface area contributed by atoms with Crippen LogP contribution in [0.1, 0.15) is 37.4 Å². The normalized spacial score (nSPS) is 12.8. The van der Waals surface area contributed by atoms with E-state index in [0.29, 0.717) is 30.1 Å². The second kappa shape index (κ2) is 9.30. The second-order valence-corrected chi connectivity index (χ2v) is 9.37. The van der Waals surface area contributed by atoms with Gasteiger partial charge in [0.05, 0.1) is 40.9 Å². The minimum atomic E-state index is -0.0324. The molecule has 0 atom stereocenters. The van der Waals surface area contributed by atoms with Gasteiger partial charge in [0.25, 0.3) is 0 Å². The average molecular weight is 492 g/mol. The van der Waals surface area contributed by atoms with Crippen molar-refractivity contribution in [2.45, 2.75) is 26.8 Å². The van der Waals surface area contributed by atoms with Gasteiger partial charge in [-0.2, -0.15) is 5.10 Å². The molecule has 0 saturated carbocycles. The number of hydrogen-bond donors (Lipinski definition) is 4. The number of aromatic nitrogens is 7. The van der Waals surface area contributed by atoms with Gasteiger partial charge >= 0.3 is 0 Å². The molecule has 1 aliphatic heterocycles. The van der Waals surface area contributed by atoms with E-state index in [2.05, 4.69) is 40.8 Å². The van der Waals surface area contributed by atoms with Crippen LogP contribution in [-0.4, -0.2) is 41.0 Å². The Hall–Kier alpha value is -4.86. The molecule has 0 saturated heterocycles. The summed E-state index contributed by atoms with van der Waals surface area (Å²) in [6, 6.07) is 9.72. The maximum atomic E-state index is 12.2. The predicted octanol–water partition coefficient (Wildman–Crippen LogP) is 4.28. The number of nitrogens with one attached hydrogen (secondary N) is 4. The minimum Gasteiger partial charge on any atom is -0.385 e. The van der Waals surface area contributed by atoms with Gasteiger partial charge in [0.2, 0.25) is 5.91 Å². The molecule has 10 heteroatoms. The maximum absolute atomic E-state index is 12.2. The summed E-state index contributed by atoms with van der Waals surface area (Å²) in [6.45, 7) is 4.66. The third kappa shape index (κ3) is 4.44. The summed E-state index contributed by atoms with van der Waals surface area (Å²) in [4.78, 5) is 33.9. The van der Waals surface area contributed by atoms with Crippen molar-refractivity contribution >= 4 is 28.2 Å². The molecule has 0 aliphatic carbocycles. The van der Waals surface area contributed by atoms with Crippen molar-refractivity contribution in [3.63, 3.8) is 0 Å². The molecule has 0 bridgehead atoms. The molecule has 5 aromatic heterocycles. The Morgan fingerprint density at radius 2 is 2.00 bits per heavy atom. The summed E-state index contributed by atoms with van der Waals surface area (Å²) in [5.74, 6) is 0.917. The van der Waals surface area contributed by atoms with Crippen LogP contribution < -0.4 is 10.6 Å². The molecule has 37 heavy (non-hydrogen) atoms. The van der Waals surface area contributed by atoms with Crippen LogP contribution in [0.15, 0.2) is 61.3 Å². The SMILES string of the molecule is CC(C)CC(=O)Nc1cncc(-c2cnc3n[nH]c(-c4nc5c([nH]4)CNC=C5c4ccccn4)c3c2)c1. The van der Waals surface area contributed by atoms with Crippen molar-refractivity contribution in [2.24, 2.45) is 5.92 Å². The number of anilines is 1. The molecule has 4 N–H and O–H groups in total. The number of aromatic amines is 2. The predicted molar refractivity (Wildman–Crippen MR) is 141 cm³/mol. The molecule has 0 unspecified atom stereocenters. The van der Waals surface area contributed by atoms with Crippen molar-refractivity contribution in [1.82, 2.24) is 40.4 Å². The Bertz CT molecular complexity index is 1630. The lowest BCUT2D eigenvalue weighted by atomic mass is 10.1. The highest BCUT2D eigenvalue weighted by Crippen LogP contribution is 2.32. The second-order valence-electron chi connectivity index (χ2n) is 9.37. The van der Waals surface area contributed by atoms with Crippen molar-refractivity contribution in [1.29, 1.82) is 0 Å². The molecule has 0 radical (unpaired) electrons. The number of carbonyl (C=O) groups is 1. The first-order valence-corrected chi connectivity index (χ1v) is 12.1. The van der Waals surface area contributed by atoms with E-state index in [1.54, 1.807) is 24.8 Å². The quantitative estimate of drug-likeness (QED) is 0.278. The highest BCUT2D eigenvalue weighted by Gasteiger charge is 2.22. The molecule has 1 aliphatic rings. The monoisotopic (exact) mass is 491 g/mol. The number of nitrogens with zero attached hydrogens (tertiary/aromatic N) is 5. The van der Waals surface area contributed by atoms with E-state index in [1.165, 1.54) is 0 Å².